The summed E-state index contributed by atoms with van der Waals surface area (Å²) in [6.45, 7) is 5.38. The lowest BCUT2D eigenvalue weighted by molar-refractivity contribution is 0.124. The third-order valence-corrected chi connectivity index (χ3v) is 3.79. The normalized spacial score (nSPS) is 11.4. The van der Waals surface area contributed by atoms with E-state index in [1.165, 1.54) is 83.6 Å². The van der Waals surface area contributed by atoms with Gasteiger partial charge in [0.05, 0.1) is 0 Å². The van der Waals surface area contributed by atoms with Gasteiger partial charge >= 0.3 is 0 Å². The molecule has 0 aliphatic heterocycles. The molecule has 0 N–H and O–H groups in total. The van der Waals surface area contributed by atoms with Gasteiger partial charge in [-0.05, 0) is 39.9 Å². The van der Waals surface area contributed by atoms with E-state index in [-0.39, 0.29) is 0 Å². The number of rotatable bonds is 16. The highest BCUT2D eigenvalue weighted by Gasteiger charge is 1.94. The summed E-state index contributed by atoms with van der Waals surface area (Å²) >= 11 is 0. The molecular weight excluding hydrogens is 246 g/mol. The molecule has 0 unspecified atom stereocenters. The van der Waals surface area contributed by atoms with Crippen LogP contribution in [0.1, 0.15) is 84.0 Å². The molecule has 0 atom stereocenters. The van der Waals surface area contributed by atoms with Crippen molar-refractivity contribution in [3.8, 4) is 0 Å². The van der Waals surface area contributed by atoms with Crippen LogP contribution in [0.5, 0.6) is 0 Å². The predicted molar refractivity (Wildman–Crippen MR) is 90.5 cm³/mol. The van der Waals surface area contributed by atoms with Crippen LogP contribution < -0.4 is 0 Å². The van der Waals surface area contributed by atoms with E-state index in [9.17, 15) is 0 Å². The molecule has 0 aromatic carbocycles. The Kier molecular flexibility index (Phi) is 16.9. The van der Waals surface area contributed by atoms with Gasteiger partial charge in [0.15, 0.2) is 0 Å². The smallest absolute Gasteiger partial charge is 0.0466 e. The highest BCUT2D eigenvalue weighted by Crippen LogP contribution is 2.10. The maximum atomic E-state index is 5.67. The summed E-state index contributed by atoms with van der Waals surface area (Å²) in [4.78, 5) is 2.24. The zero-order valence-corrected chi connectivity index (χ0v) is 14.5. The molecule has 0 aromatic heterocycles. The quantitative estimate of drug-likeness (QED) is 0.358. The minimum atomic E-state index is 0.950. The van der Waals surface area contributed by atoms with Gasteiger partial charge < -0.3 is 9.64 Å². The first-order valence-electron chi connectivity index (χ1n) is 9.00. The molecule has 0 spiro atoms. The lowest BCUT2D eigenvalue weighted by Gasteiger charge is -2.09. The van der Waals surface area contributed by atoms with Crippen LogP contribution in [-0.2, 0) is 4.74 Å². The van der Waals surface area contributed by atoms with E-state index in [0.717, 1.165) is 13.2 Å². The fourth-order valence-corrected chi connectivity index (χ4v) is 2.43. The van der Waals surface area contributed by atoms with E-state index in [4.69, 9.17) is 4.74 Å². The van der Waals surface area contributed by atoms with E-state index >= 15 is 0 Å². The van der Waals surface area contributed by atoms with Crippen molar-refractivity contribution < 1.29 is 4.74 Å². The fraction of sp³-hybridized carbons (Fsp3) is 1.00. The number of hydrogen-bond donors (Lipinski definition) is 0. The molecule has 0 rings (SSSR count). The van der Waals surface area contributed by atoms with Crippen molar-refractivity contribution in [3.63, 3.8) is 0 Å². The number of ether oxygens (including phenoxy) is 1. The van der Waals surface area contributed by atoms with Crippen molar-refractivity contribution in [1.82, 2.24) is 4.90 Å². The molecule has 20 heavy (non-hydrogen) atoms. The van der Waals surface area contributed by atoms with Crippen molar-refractivity contribution >= 4 is 0 Å². The van der Waals surface area contributed by atoms with Gasteiger partial charge in [-0.1, -0.05) is 64.7 Å². The summed E-state index contributed by atoms with van der Waals surface area (Å²) in [7, 11) is 4.26. The van der Waals surface area contributed by atoms with Crippen LogP contribution in [-0.4, -0.2) is 38.8 Å². The van der Waals surface area contributed by atoms with E-state index in [2.05, 4.69) is 25.9 Å². The monoisotopic (exact) mass is 285 g/mol. The van der Waals surface area contributed by atoms with Crippen LogP contribution in [0.15, 0.2) is 0 Å². The molecule has 0 saturated heterocycles. The summed E-state index contributed by atoms with van der Waals surface area (Å²) in [5.74, 6) is 0. The van der Waals surface area contributed by atoms with Crippen molar-refractivity contribution in [3.05, 3.63) is 0 Å². The standard InChI is InChI=1S/C18H39NO/c1-4-5-6-7-8-9-10-11-12-14-17-20-18-15-13-16-19(2)3/h4-18H2,1-3H3. The summed E-state index contributed by atoms with van der Waals surface area (Å²) in [5.41, 5.74) is 0. The highest BCUT2D eigenvalue weighted by molar-refractivity contribution is 4.48. The molecule has 0 amide bonds. The van der Waals surface area contributed by atoms with Crippen molar-refractivity contribution in [2.24, 2.45) is 0 Å². The number of unbranched alkanes of at least 4 members (excludes halogenated alkanes) is 10. The molecular formula is C18H39NO. The average Bonchev–Trinajstić information content (AvgIpc) is 2.43. The second-order valence-corrected chi connectivity index (χ2v) is 6.30. The Morgan fingerprint density at radius 1 is 0.600 bits per heavy atom. The molecule has 0 radical (unpaired) electrons. The summed E-state index contributed by atoms with van der Waals surface area (Å²) in [6.07, 6.45) is 16.4. The zero-order valence-electron chi connectivity index (χ0n) is 14.5. The van der Waals surface area contributed by atoms with Crippen LogP contribution in [0.2, 0.25) is 0 Å². The lowest BCUT2D eigenvalue weighted by atomic mass is 10.1. The SMILES string of the molecule is CCCCCCCCCCCCOCCCCN(C)C. The Morgan fingerprint density at radius 2 is 1.05 bits per heavy atom. The molecule has 0 fully saturated rings. The summed E-state index contributed by atoms with van der Waals surface area (Å²) < 4.78 is 5.67. The van der Waals surface area contributed by atoms with Crippen LogP contribution >= 0.6 is 0 Å². The molecule has 2 nitrogen and oxygen atoms in total. The van der Waals surface area contributed by atoms with Crippen molar-refractivity contribution in [2.45, 2.75) is 84.0 Å². The van der Waals surface area contributed by atoms with E-state index in [0.29, 0.717) is 0 Å². The molecule has 0 aliphatic carbocycles. The van der Waals surface area contributed by atoms with Crippen molar-refractivity contribution in [2.75, 3.05) is 33.9 Å². The predicted octanol–water partition coefficient (Wildman–Crippen LogP) is 5.27. The first-order chi connectivity index (χ1) is 9.77. The number of hydrogen-bond acceptors (Lipinski definition) is 2. The Morgan fingerprint density at radius 3 is 1.55 bits per heavy atom. The second-order valence-electron chi connectivity index (χ2n) is 6.30. The minimum Gasteiger partial charge on any atom is -0.381 e. The van der Waals surface area contributed by atoms with Gasteiger partial charge in [0.1, 0.15) is 0 Å². The molecule has 2 heteroatoms. The van der Waals surface area contributed by atoms with Crippen LogP contribution in [0, 0.1) is 0 Å². The molecule has 0 heterocycles. The van der Waals surface area contributed by atoms with Gasteiger partial charge in [0.25, 0.3) is 0 Å². The van der Waals surface area contributed by atoms with E-state index < -0.39 is 0 Å². The largest absolute Gasteiger partial charge is 0.381 e. The van der Waals surface area contributed by atoms with Gasteiger partial charge in [-0.15, -0.1) is 0 Å². The maximum Gasteiger partial charge on any atom is 0.0466 e. The molecule has 0 aliphatic rings. The summed E-state index contributed by atoms with van der Waals surface area (Å²) in [5, 5.41) is 0. The molecule has 0 saturated carbocycles. The first-order valence-corrected chi connectivity index (χ1v) is 9.00. The fourth-order valence-electron chi connectivity index (χ4n) is 2.43. The highest BCUT2D eigenvalue weighted by atomic mass is 16.5. The second kappa shape index (κ2) is 17.0. The number of nitrogens with zero attached hydrogens (tertiary/aromatic N) is 1. The third kappa shape index (κ3) is 17.9. The topological polar surface area (TPSA) is 12.5 Å². The summed E-state index contributed by atoms with van der Waals surface area (Å²) in [6, 6.07) is 0. The molecule has 0 aromatic rings. The molecule has 122 valence electrons. The van der Waals surface area contributed by atoms with Gasteiger partial charge in [-0.3, -0.25) is 0 Å². The first kappa shape index (κ1) is 19.9. The van der Waals surface area contributed by atoms with E-state index in [1.54, 1.807) is 0 Å². The Labute approximate surface area is 128 Å². The Hall–Kier alpha value is -0.0800. The van der Waals surface area contributed by atoms with Crippen LogP contribution in [0.25, 0.3) is 0 Å². The Bertz CT molecular complexity index is 171. The average molecular weight is 286 g/mol. The van der Waals surface area contributed by atoms with Gasteiger partial charge in [0, 0.05) is 13.2 Å². The van der Waals surface area contributed by atoms with Crippen LogP contribution in [0.3, 0.4) is 0 Å². The van der Waals surface area contributed by atoms with Gasteiger partial charge in [-0.25, -0.2) is 0 Å². The van der Waals surface area contributed by atoms with E-state index in [1.807, 2.05) is 0 Å². The zero-order chi connectivity index (χ0) is 14.9. The van der Waals surface area contributed by atoms with Crippen LogP contribution in [0.4, 0.5) is 0 Å². The maximum absolute atomic E-state index is 5.67. The third-order valence-electron chi connectivity index (χ3n) is 3.79. The Balaban J connectivity index is 2.92. The van der Waals surface area contributed by atoms with Gasteiger partial charge in [-0.2, -0.15) is 0 Å². The van der Waals surface area contributed by atoms with Crippen molar-refractivity contribution in [1.29, 1.82) is 0 Å². The minimum absolute atomic E-state index is 0.950. The molecule has 0 bridgehead atoms. The van der Waals surface area contributed by atoms with Gasteiger partial charge in [0.2, 0.25) is 0 Å². The lowest BCUT2D eigenvalue weighted by Crippen LogP contribution is -2.13.